The van der Waals surface area contributed by atoms with Crippen molar-refractivity contribution in [2.24, 2.45) is 5.92 Å². The van der Waals surface area contributed by atoms with Crippen molar-refractivity contribution < 1.29 is 94.4 Å². The monoisotopic (exact) mass is 912 g/mol. The van der Waals surface area contributed by atoms with Gasteiger partial charge in [-0.1, -0.05) is 0 Å². The molecule has 57 heavy (non-hydrogen) atoms. The molecule has 0 N–H and O–H groups in total. The Morgan fingerprint density at radius 1 is 0.491 bits per heavy atom. The lowest BCUT2D eigenvalue weighted by Crippen LogP contribution is -2.47. The molecule has 0 rings (SSSR count). The van der Waals surface area contributed by atoms with Gasteiger partial charge >= 0.3 is 53.6 Å². The fraction of sp³-hybridized carbons (Fsp3) is 0.969. The maximum Gasteiger partial charge on any atom is 0.500 e. The van der Waals surface area contributed by atoms with E-state index in [1.165, 1.54) is 85.3 Å². The average Bonchev–Trinajstić information content (AvgIpc) is 3.21. The molecule has 0 bridgehead atoms. The molecule has 0 unspecified atom stereocenters. The minimum absolute atomic E-state index is 0.0263. The Kier molecular flexibility index (Phi) is 27.2. The Hall–Kier alpha value is -0.542. The van der Waals surface area contributed by atoms with Crippen molar-refractivity contribution in [3.05, 3.63) is 0 Å². The van der Waals surface area contributed by atoms with Crippen molar-refractivity contribution in [3.8, 4) is 0 Å². The Balaban J connectivity index is 7.01. The zero-order valence-electron chi connectivity index (χ0n) is 35.9. The largest absolute Gasteiger partial charge is 0.500 e. The van der Waals surface area contributed by atoms with Crippen LogP contribution in [0.25, 0.3) is 0 Å². The molecule has 0 aromatic rings. The predicted molar refractivity (Wildman–Crippen MR) is 204 cm³/mol. The van der Waals surface area contributed by atoms with E-state index >= 15 is 0 Å². The summed E-state index contributed by atoms with van der Waals surface area (Å²) in [4.78, 5) is 14.5. The first-order valence-electron chi connectivity index (χ1n) is 18.2. The van der Waals surface area contributed by atoms with E-state index in [1.807, 2.05) is 0 Å². The second-order valence-corrected chi connectivity index (χ2v) is 25.2. The molecule has 0 aliphatic rings. The van der Waals surface area contributed by atoms with Crippen LogP contribution in [0, 0.1) is 5.92 Å². The van der Waals surface area contributed by atoms with Gasteiger partial charge in [0.1, 0.15) is 12.2 Å². The van der Waals surface area contributed by atoms with Crippen LogP contribution in [-0.4, -0.2) is 165 Å². The summed E-state index contributed by atoms with van der Waals surface area (Å²) >= 11 is 0. The molecular formula is C32H68F4O17Si4. The molecule has 0 amide bonds. The van der Waals surface area contributed by atoms with Crippen LogP contribution >= 0.6 is 0 Å². The number of alkyl halides is 4. The molecule has 0 saturated heterocycles. The van der Waals surface area contributed by atoms with Crippen LogP contribution in [0.5, 0.6) is 0 Å². The van der Waals surface area contributed by atoms with Crippen LogP contribution in [0.4, 0.5) is 17.6 Å². The maximum absolute atomic E-state index is 14.7. The van der Waals surface area contributed by atoms with Gasteiger partial charge in [-0.25, -0.2) is 4.74 Å². The average molecular weight is 913 g/mol. The van der Waals surface area contributed by atoms with E-state index in [1.54, 1.807) is 0 Å². The molecule has 0 radical (unpaired) electrons. The van der Waals surface area contributed by atoms with Gasteiger partial charge in [0, 0.05) is 117 Å². The number of hydrogen-bond acceptors (Lipinski definition) is 17. The molecule has 0 spiro atoms. The molecule has 25 heteroatoms. The summed E-state index contributed by atoms with van der Waals surface area (Å²) in [6, 6.07) is 1.22. The molecular weight excluding hydrogens is 845 g/mol. The van der Waals surface area contributed by atoms with Crippen LogP contribution < -0.4 is 0 Å². The molecule has 0 aliphatic heterocycles. The highest BCUT2D eigenvalue weighted by Gasteiger charge is 2.48. The van der Waals surface area contributed by atoms with Gasteiger partial charge in [0.05, 0.1) is 12.5 Å². The van der Waals surface area contributed by atoms with Crippen LogP contribution in [0.15, 0.2) is 0 Å². The summed E-state index contributed by atoms with van der Waals surface area (Å²) in [5.41, 5.74) is -1.62. The number of carbonyl (C=O) groups excluding carboxylic acids is 1. The van der Waals surface area contributed by atoms with E-state index in [0.29, 0.717) is 44.9 Å². The summed E-state index contributed by atoms with van der Waals surface area (Å²) in [5.74, 6) is -1.41. The van der Waals surface area contributed by atoms with Crippen LogP contribution in [0.2, 0.25) is 24.2 Å². The van der Waals surface area contributed by atoms with Crippen molar-refractivity contribution in [3.63, 3.8) is 0 Å². The Labute approximate surface area is 340 Å². The van der Waals surface area contributed by atoms with Crippen molar-refractivity contribution in [2.45, 2.75) is 93.5 Å². The fourth-order valence-electron chi connectivity index (χ4n) is 6.29. The van der Waals surface area contributed by atoms with Crippen LogP contribution in [0.3, 0.4) is 0 Å². The van der Waals surface area contributed by atoms with Gasteiger partial charge in [0.2, 0.25) is 0 Å². The summed E-state index contributed by atoms with van der Waals surface area (Å²) < 4.78 is 143. The Morgan fingerprint density at radius 2 is 0.807 bits per heavy atom. The van der Waals surface area contributed by atoms with Gasteiger partial charge in [-0.2, -0.15) is 8.78 Å². The highest BCUT2D eigenvalue weighted by atomic mass is 28.4. The minimum atomic E-state index is -4.60. The number of hydrogen-bond donors (Lipinski definition) is 0. The third-order valence-electron chi connectivity index (χ3n) is 9.83. The first kappa shape index (κ1) is 56.5. The lowest BCUT2D eigenvalue weighted by molar-refractivity contribution is -0.466. The normalized spacial score (nSPS) is 13.9. The molecule has 0 heterocycles. The van der Waals surface area contributed by atoms with E-state index in [0.717, 1.165) is 0 Å². The van der Waals surface area contributed by atoms with Gasteiger partial charge in [-0.3, -0.25) is 9.53 Å². The first-order valence-corrected chi connectivity index (χ1v) is 26.0. The molecule has 0 aliphatic carbocycles. The fourth-order valence-corrected chi connectivity index (χ4v) is 13.2. The lowest BCUT2D eigenvalue weighted by Gasteiger charge is -2.37. The second-order valence-electron chi connectivity index (χ2n) is 12.9. The number of methoxy groups -OCH3 is 1. The van der Waals surface area contributed by atoms with Crippen LogP contribution in [-0.2, 0) is 76.9 Å². The number of ether oxygens (including phenoxy) is 4. The van der Waals surface area contributed by atoms with E-state index in [9.17, 15) is 22.4 Å². The summed E-state index contributed by atoms with van der Waals surface area (Å²) in [5, 5.41) is 0. The summed E-state index contributed by atoms with van der Waals surface area (Å²) in [6.07, 6.45) is -7.12. The van der Waals surface area contributed by atoms with Gasteiger partial charge in [-0.15, -0.1) is 8.78 Å². The first-order chi connectivity index (χ1) is 26.8. The minimum Gasteiger partial charge on any atom is -0.456 e. The molecule has 0 aromatic heterocycles. The predicted octanol–water partition coefficient (Wildman–Crippen LogP) is 5.34. The zero-order chi connectivity index (χ0) is 43.9. The topological polar surface area (TPSA) is 165 Å². The number of rotatable bonds is 37. The van der Waals surface area contributed by atoms with Crippen molar-refractivity contribution in [1.82, 2.24) is 0 Å². The maximum atomic E-state index is 14.7. The van der Waals surface area contributed by atoms with Gasteiger partial charge in [0.25, 0.3) is 0 Å². The lowest BCUT2D eigenvalue weighted by atomic mass is 9.92. The molecule has 0 aromatic carbocycles. The van der Waals surface area contributed by atoms with Crippen molar-refractivity contribution in [1.29, 1.82) is 0 Å². The van der Waals surface area contributed by atoms with Gasteiger partial charge < -0.3 is 62.6 Å². The molecule has 0 saturated carbocycles. The zero-order valence-corrected chi connectivity index (χ0v) is 39.9. The third-order valence-corrected chi connectivity index (χ3v) is 21.2. The molecule has 17 nitrogen and oxygen atoms in total. The quantitative estimate of drug-likeness (QED) is 0.0339. The van der Waals surface area contributed by atoms with E-state index in [4.69, 9.17) is 62.6 Å². The smallest absolute Gasteiger partial charge is 0.456 e. The summed E-state index contributed by atoms with van der Waals surface area (Å²) in [7, 11) is 5.61. The second kappa shape index (κ2) is 27.4. The summed E-state index contributed by atoms with van der Waals surface area (Å²) in [6.45, 7) is -2.27. The Bertz CT molecular complexity index is 991. The van der Waals surface area contributed by atoms with E-state index in [-0.39, 0.29) is 37.8 Å². The van der Waals surface area contributed by atoms with Crippen molar-refractivity contribution >= 4 is 41.2 Å². The highest BCUT2D eigenvalue weighted by Crippen LogP contribution is 2.35. The number of esters is 1. The standard InChI is InChI=1S/C32H68F4O17Si4/c1-38-32(35,36)53-31(33,34)27-51-26-30(20-16-24-56(45-8,46-9)47-10,21-17-25-57(48-11,49-12)50-13)52-29(37)28(18-14-22-54(39-2,40-3)41-4)19-15-23-55(42-5,43-6)44-7/h28H,14-27H2,1-13H3. The molecule has 342 valence electrons. The van der Waals surface area contributed by atoms with E-state index < -0.39 is 78.3 Å². The third kappa shape index (κ3) is 18.9. The number of halogens is 4. The highest BCUT2D eigenvalue weighted by molar-refractivity contribution is 6.61. The van der Waals surface area contributed by atoms with E-state index in [2.05, 4.69) is 9.47 Å². The van der Waals surface area contributed by atoms with Crippen molar-refractivity contribution in [2.75, 3.05) is 106 Å². The van der Waals surface area contributed by atoms with Crippen LogP contribution in [0.1, 0.15) is 51.4 Å². The van der Waals surface area contributed by atoms with Gasteiger partial charge in [-0.05, 0) is 51.4 Å². The SMILES string of the molecule is COC(F)(F)OC(F)(F)COCC(CCC[Si](OC)(OC)OC)(CCC[Si](OC)(OC)OC)OC(=O)C(CCC[Si](OC)(OC)OC)CCC[Si](OC)(OC)OC. The number of carbonyl (C=O) groups is 1. The Morgan fingerprint density at radius 3 is 1.11 bits per heavy atom. The molecule has 0 fully saturated rings. The molecule has 0 atom stereocenters. The van der Waals surface area contributed by atoms with Gasteiger partial charge in [0.15, 0.2) is 0 Å².